The third-order valence-electron chi connectivity index (χ3n) is 3.58. The molecule has 1 saturated heterocycles. The molecule has 2 aromatic rings. The average Bonchev–Trinajstić information content (AvgIpc) is 3.00. The second kappa shape index (κ2) is 7.74. The largest absolute Gasteiger partial charge is 0.353 e. The maximum atomic E-state index is 12.1. The van der Waals surface area contributed by atoms with Crippen molar-refractivity contribution >= 4 is 34.8 Å². The number of thiazole rings is 1. The Kier molecular flexibility index (Phi) is 5.45. The van der Waals surface area contributed by atoms with Crippen LogP contribution in [0.4, 0.5) is 5.82 Å². The van der Waals surface area contributed by atoms with Gasteiger partial charge in [0.2, 0.25) is 5.91 Å². The summed E-state index contributed by atoms with van der Waals surface area (Å²) in [7, 11) is 0. The molecule has 3 heterocycles. The van der Waals surface area contributed by atoms with Crippen LogP contribution in [0.1, 0.15) is 18.5 Å². The molecule has 1 aliphatic rings. The van der Waals surface area contributed by atoms with Crippen LogP contribution in [0.15, 0.2) is 28.3 Å². The van der Waals surface area contributed by atoms with E-state index in [9.17, 15) is 4.79 Å². The molecule has 0 aliphatic carbocycles. The van der Waals surface area contributed by atoms with Gasteiger partial charge in [-0.25, -0.2) is 9.97 Å². The van der Waals surface area contributed by atoms with Crippen LogP contribution in [-0.2, 0) is 4.79 Å². The lowest BCUT2D eigenvalue weighted by molar-refractivity contribution is -0.119. The fraction of sp³-hybridized carbons (Fsp3) is 0.467. The fourth-order valence-electron chi connectivity index (χ4n) is 2.55. The normalized spacial score (nSPS) is 18.0. The monoisotopic (exact) mass is 349 g/mol. The lowest BCUT2D eigenvalue weighted by Crippen LogP contribution is -2.48. The highest BCUT2D eigenvalue weighted by atomic mass is 32.2. The van der Waals surface area contributed by atoms with E-state index in [-0.39, 0.29) is 11.9 Å². The second-order valence-electron chi connectivity index (χ2n) is 5.46. The van der Waals surface area contributed by atoms with Gasteiger partial charge in [0.25, 0.3) is 0 Å². The molecule has 3 rings (SSSR count). The van der Waals surface area contributed by atoms with E-state index < -0.39 is 0 Å². The number of piperidine rings is 1. The summed E-state index contributed by atoms with van der Waals surface area (Å²) in [6, 6.07) is 0.164. The van der Waals surface area contributed by atoms with Gasteiger partial charge in [0, 0.05) is 42.6 Å². The summed E-state index contributed by atoms with van der Waals surface area (Å²) in [4.78, 5) is 27.1. The molecule has 0 spiro atoms. The Bertz CT molecular complexity index is 648. The van der Waals surface area contributed by atoms with Crippen molar-refractivity contribution in [2.24, 2.45) is 0 Å². The van der Waals surface area contributed by atoms with Crippen LogP contribution in [0, 0.1) is 6.92 Å². The van der Waals surface area contributed by atoms with Crippen molar-refractivity contribution in [3.8, 4) is 0 Å². The first-order valence-electron chi connectivity index (χ1n) is 7.56. The van der Waals surface area contributed by atoms with Crippen LogP contribution in [-0.4, -0.2) is 45.7 Å². The minimum Gasteiger partial charge on any atom is -0.353 e. The molecule has 1 atom stereocenters. The van der Waals surface area contributed by atoms with Crippen molar-refractivity contribution in [2.75, 3.05) is 23.7 Å². The van der Waals surface area contributed by atoms with Crippen LogP contribution in [0.3, 0.4) is 0 Å². The molecular weight excluding hydrogens is 330 g/mol. The predicted octanol–water partition coefficient (Wildman–Crippen LogP) is 2.12. The molecule has 0 unspecified atom stereocenters. The number of nitrogens with one attached hydrogen (secondary N) is 1. The number of carbonyl (C=O) groups excluding carboxylic acids is 1. The summed E-state index contributed by atoms with van der Waals surface area (Å²) in [5.74, 6) is 1.35. The summed E-state index contributed by atoms with van der Waals surface area (Å²) in [5, 5.41) is 5.12. The van der Waals surface area contributed by atoms with Crippen molar-refractivity contribution in [1.82, 2.24) is 20.3 Å². The highest BCUT2D eigenvalue weighted by molar-refractivity contribution is 8.01. The molecule has 122 valence electrons. The van der Waals surface area contributed by atoms with Gasteiger partial charge >= 0.3 is 0 Å². The van der Waals surface area contributed by atoms with E-state index in [2.05, 4.69) is 25.2 Å². The standard InChI is InChI=1S/C15H19N5OS2/c1-11-9-22-15(18-11)23-10-14(21)19-12-3-2-6-20(8-12)13-7-16-4-5-17-13/h4-5,7,9,12H,2-3,6,8,10H2,1H3,(H,19,21)/t12-/m1/s1. The Morgan fingerprint density at radius 2 is 2.43 bits per heavy atom. The summed E-state index contributed by atoms with van der Waals surface area (Å²) in [5.41, 5.74) is 1.00. The van der Waals surface area contributed by atoms with E-state index in [0.717, 1.165) is 41.8 Å². The maximum Gasteiger partial charge on any atom is 0.230 e. The quantitative estimate of drug-likeness (QED) is 0.834. The van der Waals surface area contributed by atoms with Crippen LogP contribution >= 0.6 is 23.1 Å². The Morgan fingerprint density at radius 3 is 3.17 bits per heavy atom. The minimum atomic E-state index is 0.0637. The molecule has 1 N–H and O–H groups in total. The number of nitrogens with zero attached hydrogens (tertiary/aromatic N) is 4. The summed E-state index contributed by atoms with van der Waals surface area (Å²) < 4.78 is 0.947. The molecule has 1 aliphatic heterocycles. The highest BCUT2D eigenvalue weighted by Crippen LogP contribution is 2.22. The highest BCUT2D eigenvalue weighted by Gasteiger charge is 2.22. The molecule has 23 heavy (non-hydrogen) atoms. The van der Waals surface area contributed by atoms with E-state index in [0.29, 0.717) is 5.75 Å². The van der Waals surface area contributed by atoms with E-state index in [1.807, 2.05) is 12.3 Å². The number of aryl methyl sites for hydroxylation is 1. The van der Waals surface area contributed by atoms with Gasteiger partial charge < -0.3 is 10.2 Å². The Balaban J connectivity index is 1.48. The van der Waals surface area contributed by atoms with Crippen molar-refractivity contribution in [3.63, 3.8) is 0 Å². The van der Waals surface area contributed by atoms with Gasteiger partial charge in [-0.2, -0.15) is 0 Å². The van der Waals surface area contributed by atoms with Gasteiger partial charge in [0.05, 0.1) is 11.9 Å². The first-order valence-corrected chi connectivity index (χ1v) is 9.42. The van der Waals surface area contributed by atoms with Crippen LogP contribution in [0.2, 0.25) is 0 Å². The molecular formula is C15H19N5OS2. The zero-order valence-corrected chi connectivity index (χ0v) is 14.6. The Hall–Kier alpha value is -1.67. The Labute approximate surface area is 143 Å². The molecule has 1 fully saturated rings. The van der Waals surface area contributed by atoms with Gasteiger partial charge in [-0.15, -0.1) is 11.3 Å². The topological polar surface area (TPSA) is 71.0 Å². The van der Waals surface area contributed by atoms with Crippen LogP contribution < -0.4 is 10.2 Å². The summed E-state index contributed by atoms with van der Waals surface area (Å²) >= 11 is 3.08. The summed E-state index contributed by atoms with van der Waals surface area (Å²) in [6.45, 7) is 3.70. The SMILES string of the molecule is Cc1csc(SCC(=O)N[C@@H]2CCCN(c3cnccn3)C2)n1. The zero-order chi connectivity index (χ0) is 16.1. The van der Waals surface area contributed by atoms with Crippen molar-refractivity contribution in [1.29, 1.82) is 0 Å². The van der Waals surface area contributed by atoms with E-state index in [4.69, 9.17) is 0 Å². The first kappa shape index (κ1) is 16.2. The van der Waals surface area contributed by atoms with Crippen LogP contribution in [0.5, 0.6) is 0 Å². The summed E-state index contributed by atoms with van der Waals surface area (Å²) in [6.07, 6.45) is 7.18. The molecule has 2 aromatic heterocycles. The molecule has 6 nitrogen and oxygen atoms in total. The number of anilines is 1. The smallest absolute Gasteiger partial charge is 0.230 e. The number of aromatic nitrogens is 3. The van der Waals surface area contributed by atoms with E-state index in [1.54, 1.807) is 29.9 Å². The zero-order valence-electron chi connectivity index (χ0n) is 12.9. The lowest BCUT2D eigenvalue weighted by atomic mass is 10.1. The van der Waals surface area contributed by atoms with E-state index in [1.165, 1.54) is 11.8 Å². The van der Waals surface area contributed by atoms with Gasteiger partial charge in [-0.05, 0) is 19.8 Å². The average molecular weight is 349 g/mol. The Morgan fingerprint density at radius 1 is 1.52 bits per heavy atom. The molecule has 8 heteroatoms. The fourth-order valence-corrected chi connectivity index (χ4v) is 4.21. The number of thioether (sulfide) groups is 1. The van der Waals surface area contributed by atoms with Crippen molar-refractivity contribution < 1.29 is 4.79 Å². The number of carbonyl (C=O) groups is 1. The molecule has 0 aromatic carbocycles. The molecule has 0 bridgehead atoms. The second-order valence-corrected chi connectivity index (χ2v) is 7.54. The number of hydrogen-bond acceptors (Lipinski definition) is 7. The number of amides is 1. The molecule has 0 saturated carbocycles. The molecule has 0 radical (unpaired) electrons. The first-order chi connectivity index (χ1) is 11.2. The van der Waals surface area contributed by atoms with Crippen molar-refractivity contribution in [2.45, 2.75) is 30.1 Å². The van der Waals surface area contributed by atoms with Gasteiger partial charge in [-0.3, -0.25) is 9.78 Å². The third kappa shape index (κ3) is 4.65. The lowest BCUT2D eigenvalue weighted by Gasteiger charge is -2.33. The van der Waals surface area contributed by atoms with Crippen molar-refractivity contribution in [3.05, 3.63) is 29.7 Å². The van der Waals surface area contributed by atoms with Gasteiger partial charge in [-0.1, -0.05) is 11.8 Å². The van der Waals surface area contributed by atoms with E-state index >= 15 is 0 Å². The number of rotatable bonds is 5. The van der Waals surface area contributed by atoms with Gasteiger partial charge in [0.15, 0.2) is 4.34 Å². The van der Waals surface area contributed by atoms with Crippen LogP contribution in [0.25, 0.3) is 0 Å². The predicted molar refractivity (Wildman–Crippen MR) is 93.0 cm³/mol. The minimum absolute atomic E-state index is 0.0637. The van der Waals surface area contributed by atoms with Gasteiger partial charge in [0.1, 0.15) is 5.82 Å². The number of hydrogen-bond donors (Lipinski definition) is 1. The maximum absolute atomic E-state index is 12.1. The molecule has 1 amide bonds. The third-order valence-corrected chi connectivity index (χ3v) is 5.72.